The molecule has 0 radical (unpaired) electrons. The van der Waals surface area contributed by atoms with Gasteiger partial charge < -0.3 is 10.1 Å². The van der Waals surface area contributed by atoms with Crippen LogP contribution in [0.3, 0.4) is 0 Å². The molecule has 144 valence electrons. The Kier molecular flexibility index (Phi) is 5.49. The normalized spacial score (nSPS) is 11.7. The van der Waals surface area contributed by atoms with Crippen LogP contribution in [-0.4, -0.2) is 27.8 Å². The second kappa shape index (κ2) is 7.99. The molecule has 0 unspecified atom stereocenters. The molecule has 1 heterocycles. The average Bonchev–Trinajstić information content (AvgIpc) is 2.69. The standard InChI is InChI=1S/C20H19FN4O3/c1-12-10-15(21)6-9-17(12)23-19(26)13(2)25-20(27)24-18(11-22-25)14-4-7-16(28-3)8-5-14/h4-11,13H,1-3H3,(H,23,26)/t13-/m0/s1. The van der Waals surface area contributed by atoms with Crippen molar-refractivity contribution in [2.45, 2.75) is 19.9 Å². The first-order chi connectivity index (χ1) is 13.4. The zero-order valence-corrected chi connectivity index (χ0v) is 15.6. The third kappa shape index (κ3) is 4.06. The molecule has 0 aliphatic heterocycles. The van der Waals surface area contributed by atoms with Crippen molar-refractivity contribution in [3.8, 4) is 17.0 Å². The molecule has 2 aromatic carbocycles. The van der Waals surface area contributed by atoms with E-state index >= 15 is 0 Å². The number of carbonyl (C=O) groups is 1. The number of aromatic nitrogens is 3. The number of nitrogens with one attached hydrogen (secondary N) is 1. The molecule has 0 aliphatic carbocycles. The van der Waals surface area contributed by atoms with Crippen molar-refractivity contribution in [2.24, 2.45) is 0 Å². The number of methoxy groups -OCH3 is 1. The zero-order chi connectivity index (χ0) is 20.3. The lowest BCUT2D eigenvalue weighted by molar-refractivity contribution is -0.119. The number of anilines is 1. The number of rotatable bonds is 5. The van der Waals surface area contributed by atoms with Crippen molar-refractivity contribution in [1.29, 1.82) is 0 Å². The molecule has 0 aliphatic rings. The molecule has 0 saturated carbocycles. The van der Waals surface area contributed by atoms with Crippen molar-refractivity contribution in [3.05, 3.63) is 70.5 Å². The maximum Gasteiger partial charge on any atom is 0.365 e. The summed E-state index contributed by atoms with van der Waals surface area (Å²) < 4.78 is 19.3. The Bertz CT molecular complexity index is 1060. The molecule has 1 atom stereocenters. The zero-order valence-electron chi connectivity index (χ0n) is 15.6. The van der Waals surface area contributed by atoms with E-state index in [1.165, 1.54) is 31.3 Å². The first kappa shape index (κ1) is 19.2. The van der Waals surface area contributed by atoms with Gasteiger partial charge in [0.1, 0.15) is 17.6 Å². The number of hydrogen-bond donors (Lipinski definition) is 1. The highest BCUT2D eigenvalue weighted by Crippen LogP contribution is 2.20. The van der Waals surface area contributed by atoms with Crippen LogP contribution in [0.4, 0.5) is 10.1 Å². The number of halogens is 1. The van der Waals surface area contributed by atoms with Gasteiger partial charge in [0, 0.05) is 11.3 Å². The third-order valence-electron chi connectivity index (χ3n) is 4.29. The maximum absolute atomic E-state index is 13.2. The summed E-state index contributed by atoms with van der Waals surface area (Å²) in [6, 6.07) is 10.2. The number of benzene rings is 2. The first-order valence-electron chi connectivity index (χ1n) is 8.56. The van der Waals surface area contributed by atoms with Gasteiger partial charge in [-0.1, -0.05) is 0 Å². The van der Waals surface area contributed by atoms with Gasteiger partial charge in [-0.3, -0.25) is 4.79 Å². The molecule has 7 nitrogen and oxygen atoms in total. The Balaban J connectivity index is 1.80. The van der Waals surface area contributed by atoms with Gasteiger partial charge in [-0.25, -0.2) is 13.9 Å². The molecule has 3 rings (SSSR count). The van der Waals surface area contributed by atoms with Gasteiger partial charge in [-0.2, -0.15) is 10.1 Å². The van der Waals surface area contributed by atoms with Crippen molar-refractivity contribution < 1.29 is 13.9 Å². The van der Waals surface area contributed by atoms with Crippen LogP contribution in [0.2, 0.25) is 0 Å². The molecule has 0 spiro atoms. The van der Waals surface area contributed by atoms with E-state index in [2.05, 4.69) is 15.4 Å². The fourth-order valence-electron chi connectivity index (χ4n) is 2.63. The molecule has 1 amide bonds. The second-order valence-corrected chi connectivity index (χ2v) is 6.22. The van der Waals surface area contributed by atoms with Gasteiger partial charge in [-0.15, -0.1) is 0 Å². The maximum atomic E-state index is 13.2. The summed E-state index contributed by atoms with van der Waals surface area (Å²) in [6.45, 7) is 3.22. The Labute approximate surface area is 160 Å². The minimum absolute atomic E-state index is 0.389. The predicted molar refractivity (Wildman–Crippen MR) is 103 cm³/mol. The largest absolute Gasteiger partial charge is 0.497 e. The van der Waals surface area contributed by atoms with Crippen LogP contribution in [0, 0.1) is 12.7 Å². The highest BCUT2D eigenvalue weighted by atomic mass is 19.1. The van der Waals surface area contributed by atoms with Crippen LogP contribution in [0.25, 0.3) is 11.3 Å². The molecular formula is C20H19FN4O3. The van der Waals surface area contributed by atoms with E-state index in [0.717, 1.165) is 4.68 Å². The van der Waals surface area contributed by atoms with Gasteiger partial charge in [-0.05, 0) is 61.9 Å². The van der Waals surface area contributed by atoms with Gasteiger partial charge in [0.2, 0.25) is 5.91 Å². The SMILES string of the molecule is COc1ccc(-c2cnn([C@@H](C)C(=O)Nc3ccc(F)cc3C)c(=O)n2)cc1. The molecule has 3 aromatic rings. The van der Waals surface area contributed by atoms with Gasteiger partial charge >= 0.3 is 5.69 Å². The van der Waals surface area contributed by atoms with Gasteiger partial charge in [0.15, 0.2) is 0 Å². The van der Waals surface area contributed by atoms with E-state index in [1.807, 2.05) is 0 Å². The van der Waals surface area contributed by atoms with Gasteiger partial charge in [0.05, 0.1) is 19.0 Å². The minimum Gasteiger partial charge on any atom is -0.497 e. The summed E-state index contributed by atoms with van der Waals surface area (Å²) in [5.74, 6) is -0.158. The highest BCUT2D eigenvalue weighted by Gasteiger charge is 2.19. The lowest BCUT2D eigenvalue weighted by Gasteiger charge is -2.15. The number of aryl methyl sites for hydroxylation is 1. The summed E-state index contributed by atoms with van der Waals surface area (Å²) >= 11 is 0. The lowest BCUT2D eigenvalue weighted by Crippen LogP contribution is -2.35. The molecule has 0 bridgehead atoms. The smallest absolute Gasteiger partial charge is 0.365 e. The number of carbonyl (C=O) groups excluding carboxylic acids is 1. The quantitative estimate of drug-likeness (QED) is 0.733. The predicted octanol–water partition coefficient (Wildman–Crippen LogP) is 2.96. The molecule has 28 heavy (non-hydrogen) atoms. The molecule has 0 saturated heterocycles. The van der Waals surface area contributed by atoms with E-state index < -0.39 is 17.6 Å². The van der Waals surface area contributed by atoms with E-state index in [4.69, 9.17) is 4.74 Å². The summed E-state index contributed by atoms with van der Waals surface area (Å²) in [7, 11) is 1.57. The molecule has 1 N–H and O–H groups in total. The lowest BCUT2D eigenvalue weighted by atomic mass is 10.1. The van der Waals surface area contributed by atoms with Gasteiger partial charge in [0.25, 0.3) is 0 Å². The van der Waals surface area contributed by atoms with Crippen LogP contribution in [0.1, 0.15) is 18.5 Å². The topological polar surface area (TPSA) is 86.1 Å². The van der Waals surface area contributed by atoms with Crippen LogP contribution in [-0.2, 0) is 4.79 Å². The summed E-state index contributed by atoms with van der Waals surface area (Å²) in [5.41, 5.74) is 1.50. The highest BCUT2D eigenvalue weighted by molar-refractivity contribution is 5.94. The van der Waals surface area contributed by atoms with E-state index in [0.29, 0.717) is 28.3 Å². The first-order valence-corrected chi connectivity index (χ1v) is 8.56. The number of nitrogens with zero attached hydrogens (tertiary/aromatic N) is 3. The van der Waals surface area contributed by atoms with Crippen LogP contribution >= 0.6 is 0 Å². The Morgan fingerprint density at radius 2 is 1.93 bits per heavy atom. The van der Waals surface area contributed by atoms with Crippen molar-refractivity contribution in [2.75, 3.05) is 12.4 Å². The van der Waals surface area contributed by atoms with E-state index in [-0.39, 0.29) is 5.82 Å². The Hall–Kier alpha value is -3.55. The van der Waals surface area contributed by atoms with Crippen molar-refractivity contribution in [1.82, 2.24) is 14.8 Å². The summed E-state index contributed by atoms with van der Waals surface area (Å²) in [6.07, 6.45) is 1.43. The number of ether oxygens (including phenoxy) is 1. The summed E-state index contributed by atoms with van der Waals surface area (Å²) in [4.78, 5) is 28.9. The molecular weight excluding hydrogens is 363 g/mol. The molecule has 0 fully saturated rings. The molecule has 1 aromatic heterocycles. The monoisotopic (exact) mass is 382 g/mol. The fourth-order valence-corrected chi connectivity index (χ4v) is 2.63. The third-order valence-corrected chi connectivity index (χ3v) is 4.29. The Morgan fingerprint density at radius 1 is 1.21 bits per heavy atom. The second-order valence-electron chi connectivity index (χ2n) is 6.22. The number of hydrogen-bond acceptors (Lipinski definition) is 5. The summed E-state index contributed by atoms with van der Waals surface area (Å²) in [5, 5.41) is 6.76. The Morgan fingerprint density at radius 3 is 2.54 bits per heavy atom. The van der Waals surface area contributed by atoms with Crippen LogP contribution in [0.5, 0.6) is 5.75 Å². The number of amides is 1. The molecule has 8 heteroatoms. The fraction of sp³-hybridized carbons (Fsp3) is 0.200. The minimum atomic E-state index is -0.894. The van der Waals surface area contributed by atoms with E-state index in [1.54, 1.807) is 38.3 Å². The van der Waals surface area contributed by atoms with Crippen molar-refractivity contribution in [3.63, 3.8) is 0 Å². The average molecular weight is 382 g/mol. The van der Waals surface area contributed by atoms with Crippen LogP contribution < -0.4 is 15.7 Å². The van der Waals surface area contributed by atoms with E-state index in [9.17, 15) is 14.0 Å². The van der Waals surface area contributed by atoms with Crippen LogP contribution in [0.15, 0.2) is 53.5 Å². The van der Waals surface area contributed by atoms with Crippen molar-refractivity contribution >= 4 is 11.6 Å².